The third-order valence-corrected chi connectivity index (χ3v) is 1.58. The van der Waals surface area contributed by atoms with Crippen molar-refractivity contribution in [1.29, 1.82) is 0 Å². The predicted molar refractivity (Wildman–Crippen MR) is 44.0 cm³/mol. The lowest BCUT2D eigenvalue weighted by molar-refractivity contribution is 0.0688. The van der Waals surface area contributed by atoms with E-state index in [2.05, 4.69) is 4.98 Å². The molecule has 0 atom stereocenters. The lowest BCUT2D eigenvalue weighted by atomic mass is 10.2. The summed E-state index contributed by atoms with van der Waals surface area (Å²) in [7, 11) is 0. The molecule has 76 valence electrons. The molecular weight excluding hydrogens is 194 g/mol. The van der Waals surface area contributed by atoms with E-state index in [1.165, 1.54) is 6.07 Å². The summed E-state index contributed by atoms with van der Waals surface area (Å²) in [6, 6.07) is 2.27. The van der Waals surface area contributed by atoms with Gasteiger partial charge in [-0.15, -0.1) is 0 Å². The highest BCUT2D eigenvalue weighted by atomic mass is 19.3. The first-order valence-corrected chi connectivity index (χ1v) is 3.77. The van der Waals surface area contributed by atoms with Crippen molar-refractivity contribution < 1.29 is 18.7 Å². The molecule has 0 aliphatic carbocycles. The van der Waals surface area contributed by atoms with E-state index >= 15 is 0 Å². The van der Waals surface area contributed by atoms with Crippen LogP contribution in [-0.4, -0.2) is 16.1 Å². The van der Waals surface area contributed by atoms with Gasteiger partial charge in [-0.3, -0.25) is 0 Å². The Balaban J connectivity index is 3.20. The third kappa shape index (κ3) is 2.23. The Morgan fingerprint density at radius 1 is 1.57 bits per heavy atom. The molecule has 0 unspecified atom stereocenters. The summed E-state index contributed by atoms with van der Waals surface area (Å²) >= 11 is 0. The Morgan fingerprint density at radius 2 is 2.21 bits per heavy atom. The van der Waals surface area contributed by atoms with E-state index in [4.69, 9.17) is 10.8 Å². The molecule has 0 aromatic carbocycles. The quantitative estimate of drug-likeness (QED) is 0.771. The van der Waals surface area contributed by atoms with Gasteiger partial charge in [-0.05, 0) is 17.7 Å². The van der Waals surface area contributed by atoms with Crippen LogP contribution in [0.4, 0.5) is 8.78 Å². The number of hydrogen-bond donors (Lipinski definition) is 2. The molecule has 1 aromatic rings. The first kappa shape index (κ1) is 10.5. The van der Waals surface area contributed by atoms with Crippen LogP contribution in [0.1, 0.15) is 28.2 Å². The van der Waals surface area contributed by atoms with Crippen molar-refractivity contribution in [3.63, 3.8) is 0 Å². The summed E-state index contributed by atoms with van der Waals surface area (Å²) in [5.41, 5.74) is 4.57. The normalized spacial score (nSPS) is 10.6. The zero-order valence-corrected chi connectivity index (χ0v) is 7.08. The van der Waals surface area contributed by atoms with Crippen molar-refractivity contribution in [1.82, 2.24) is 4.98 Å². The second-order valence-corrected chi connectivity index (χ2v) is 2.60. The van der Waals surface area contributed by atoms with Gasteiger partial charge in [0.25, 0.3) is 6.43 Å². The number of rotatable bonds is 3. The number of halogens is 2. The van der Waals surface area contributed by atoms with E-state index in [0.29, 0.717) is 5.56 Å². The van der Waals surface area contributed by atoms with E-state index in [-0.39, 0.29) is 6.54 Å². The molecule has 0 saturated heterocycles. The smallest absolute Gasteiger partial charge is 0.354 e. The van der Waals surface area contributed by atoms with E-state index in [9.17, 15) is 13.6 Å². The minimum atomic E-state index is -2.79. The number of nitrogens with zero attached hydrogens (tertiary/aromatic N) is 1. The summed E-state index contributed by atoms with van der Waals surface area (Å²) in [6.45, 7) is 0.00250. The maximum atomic E-state index is 12.2. The molecule has 0 aliphatic rings. The van der Waals surface area contributed by atoms with Gasteiger partial charge in [0.2, 0.25) is 0 Å². The number of alkyl halides is 2. The van der Waals surface area contributed by atoms with Crippen LogP contribution in [0.15, 0.2) is 12.1 Å². The van der Waals surface area contributed by atoms with Crippen LogP contribution in [0.25, 0.3) is 0 Å². The Hall–Kier alpha value is -1.56. The van der Waals surface area contributed by atoms with Gasteiger partial charge >= 0.3 is 5.97 Å². The zero-order valence-electron chi connectivity index (χ0n) is 7.08. The average Bonchev–Trinajstić information content (AvgIpc) is 2.16. The molecule has 4 nitrogen and oxygen atoms in total. The van der Waals surface area contributed by atoms with Crippen molar-refractivity contribution in [2.75, 3.05) is 0 Å². The molecule has 0 aliphatic heterocycles. The molecule has 1 aromatic heterocycles. The maximum Gasteiger partial charge on any atom is 0.354 e. The number of aromatic nitrogens is 1. The summed E-state index contributed by atoms with van der Waals surface area (Å²) in [5, 5.41) is 8.56. The highest BCUT2D eigenvalue weighted by Crippen LogP contribution is 2.18. The average molecular weight is 202 g/mol. The molecule has 0 saturated carbocycles. The Morgan fingerprint density at radius 3 is 2.64 bits per heavy atom. The number of pyridine rings is 1. The van der Waals surface area contributed by atoms with Gasteiger partial charge in [-0.1, -0.05) is 0 Å². The highest BCUT2D eigenvalue weighted by Gasteiger charge is 2.14. The molecule has 14 heavy (non-hydrogen) atoms. The first-order chi connectivity index (χ1) is 6.54. The van der Waals surface area contributed by atoms with Crippen molar-refractivity contribution in [2.24, 2.45) is 5.73 Å². The molecule has 0 spiro atoms. The number of hydrogen-bond acceptors (Lipinski definition) is 3. The number of nitrogens with two attached hydrogens (primary N) is 1. The topological polar surface area (TPSA) is 76.2 Å². The fraction of sp³-hybridized carbons (Fsp3) is 0.250. The monoisotopic (exact) mass is 202 g/mol. The lowest BCUT2D eigenvalue weighted by Gasteiger charge is -2.03. The third-order valence-electron chi connectivity index (χ3n) is 1.58. The van der Waals surface area contributed by atoms with Gasteiger partial charge in [0.1, 0.15) is 11.4 Å². The summed E-state index contributed by atoms with van der Waals surface area (Å²) < 4.78 is 24.5. The fourth-order valence-corrected chi connectivity index (χ4v) is 0.950. The molecule has 0 radical (unpaired) electrons. The van der Waals surface area contributed by atoms with Crippen molar-refractivity contribution >= 4 is 5.97 Å². The van der Waals surface area contributed by atoms with Crippen LogP contribution >= 0.6 is 0 Å². The first-order valence-electron chi connectivity index (χ1n) is 3.77. The zero-order chi connectivity index (χ0) is 10.7. The van der Waals surface area contributed by atoms with Gasteiger partial charge in [-0.2, -0.15) is 0 Å². The maximum absolute atomic E-state index is 12.2. The highest BCUT2D eigenvalue weighted by molar-refractivity contribution is 5.85. The predicted octanol–water partition coefficient (Wildman–Crippen LogP) is 1.18. The summed E-state index contributed by atoms with van der Waals surface area (Å²) in [5.74, 6) is -1.35. The largest absolute Gasteiger partial charge is 0.477 e. The van der Waals surface area contributed by atoms with Crippen LogP contribution in [0.2, 0.25) is 0 Å². The number of carboxylic acids is 1. The van der Waals surface area contributed by atoms with E-state index in [1.807, 2.05) is 0 Å². The minimum Gasteiger partial charge on any atom is -0.477 e. The Kier molecular flexibility index (Phi) is 3.08. The molecular formula is C8H8F2N2O2. The van der Waals surface area contributed by atoms with Crippen molar-refractivity contribution in [2.45, 2.75) is 13.0 Å². The van der Waals surface area contributed by atoms with Gasteiger partial charge in [0, 0.05) is 6.54 Å². The van der Waals surface area contributed by atoms with Crippen LogP contribution in [0, 0.1) is 0 Å². The van der Waals surface area contributed by atoms with Gasteiger partial charge in [-0.25, -0.2) is 18.6 Å². The van der Waals surface area contributed by atoms with Gasteiger partial charge in [0.05, 0.1) is 0 Å². The molecule has 3 N–H and O–H groups in total. The van der Waals surface area contributed by atoms with Gasteiger partial charge in [0.15, 0.2) is 0 Å². The number of carboxylic acid groups (broad SMARTS) is 1. The molecule has 6 heteroatoms. The molecule has 1 heterocycles. The molecule has 0 fully saturated rings. The standard InChI is InChI=1S/C8H8F2N2O2/c9-7(10)5-1-4(3-11)2-6(12-5)8(13)14/h1-2,7H,3,11H2,(H,13,14). The Labute approximate surface area is 78.4 Å². The summed E-state index contributed by atoms with van der Waals surface area (Å²) in [6.07, 6.45) is -2.79. The number of carbonyl (C=O) groups is 1. The van der Waals surface area contributed by atoms with E-state index in [1.54, 1.807) is 0 Å². The summed E-state index contributed by atoms with van der Waals surface area (Å²) in [4.78, 5) is 13.8. The second-order valence-electron chi connectivity index (χ2n) is 2.60. The van der Waals surface area contributed by atoms with E-state index < -0.39 is 23.8 Å². The number of aromatic carboxylic acids is 1. The SMILES string of the molecule is NCc1cc(C(=O)O)nc(C(F)F)c1. The van der Waals surface area contributed by atoms with Crippen molar-refractivity contribution in [3.05, 3.63) is 29.1 Å². The van der Waals surface area contributed by atoms with Crippen LogP contribution in [0.3, 0.4) is 0 Å². The van der Waals surface area contributed by atoms with E-state index in [0.717, 1.165) is 6.07 Å². The second kappa shape index (κ2) is 4.10. The lowest BCUT2D eigenvalue weighted by Crippen LogP contribution is -2.07. The van der Waals surface area contributed by atoms with Gasteiger partial charge < -0.3 is 10.8 Å². The minimum absolute atomic E-state index is 0.00250. The van der Waals surface area contributed by atoms with Crippen LogP contribution < -0.4 is 5.73 Å². The fourth-order valence-electron chi connectivity index (χ4n) is 0.950. The van der Waals surface area contributed by atoms with Crippen LogP contribution in [-0.2, 0) is 6.54 Å². The molecule has 0 bridgehead atoms. The Bertz CT molecular complexity index is 355. The van der Waals surface area contributed by atoms with Crippen LogP contribution in [0.5, 0.6) is 0 Å². The molecule has 1 rings (SSSR count). The molecule has 0 amide bonds. The van der Waals surface area contributed by atoms with Crippen molar-refractivity contribution in [3.8, 4) is 0 Å².